The molecule has 2 atom stereocenters. The zero-order chi connectivity index (χ0) is 12.6. The van der Waals surface area contributed by atoms with E-state index in [1.54, 1.807) is 10.6 Å². The van der Waals surface area contributed by atoms with Gasteiger partial charge in [-0.1, -0.05) is 0 Å². The zero-order valence-corrected chi connectivity index (χ0v) is 16.5. The Bertz CT molecular complexity index is 489. The Morgan fingerprint density at radius 3 is 1.39 bits per heavy atom. The molecule has 18 heavy (non-hydrogen) atoms. The molecule has 0 amide bonds. The topological polar surface area (TPSA) is 0 Å². The fourth-order valence-electron chi connectivity index (χ4n) is 2.02. The van der Waals surface area contributed by atoms with Crippen molar-refractivity contribution < 1.29 is 0 Å². The molecule has 0 N–H and O–H groups in total. The summed E-state index contributed by atoms with van der Waals surface area (Å²) in [5.74, 6) is 1.38. The fourth-order valence-corrected chi connectivity index (χ4v) is 77.5. The number of benzene rings is 2. The van der Waals surface area contributed by atoms with Gasteiger partial charge in [-0.15, -0.1) is 0 Å². The second-order valence-corrected chi connectivity index (χ2v) is 35.6. The van der Waals surface area contributed by atoms with E-state index in [1.807, 2.05) is 0 Å². The maximum absolute atomic E-state index is 3.58. The molecule has 0 aromatic heterocycles. The molecule has 2 aromatic carbocycles. The van der Waals surface area contributed by atoms with Crippen LogP contribution in [0.5, 0.6) is 0 Å². The first-order chi connectivity index (χ1) is 8.62. The van der Waals surface area contributed by atoms with Gasteiger partial charge in [-0.2, -0.15) is 0 Å². The quantitative estimate of drug-likeness (QED) is 0.471. The SMILES string of the molecule is [Se-][P+]1(c2ccccc2)C[P+]([Se-])(c2ccccc2)[Se]1. The van der Waals surface area contributed by atoms with E-state index in [0.29, 0.717) is 0 Å². The van der Waals surface area contributed by atoms with Crippen LogP contribution in [0.15, 0.2) is 60.7 Å². The summed E-state index contributed by atoms with van der Waals surface area (Å²) in [6.45, 7) is 0. The van der Waals surface area contributed by atoms with Crippen molar-refractivity contribution >= 4 is 65.1 Å². The summed E-state index contributed by atoms with van der Waals surface area (Å²) in [7, 11) is 0. The van der Waals surface area contributed by atoms with Crippen molar-refractivity contribution in [2.45, 2.75) is 0 Å². The molecule has 0 bridgehead atoms. The molecule has 3 rings (SSSR count). The van der Waals surface area contributed by atoms with Crippen molar-refractivity contribution in [2.75, 3.05) is 5.90 Å². The van der Waals surface area contributed by atoms with Crippen molar-refractivity contribution in [3.8, 4) is 0 Å². The van der Waals surface area contributed by atoms with Gasteiger partial charge >= 0.3 is 132 Å². The third-order valence-electron chi connectivity index (χ3n) is 2.94. The van der Waals surface area contributed by atoms with E-state index in [2.05, 4.69) is 91.8 Å². The second kappa shape index (κ2) is 5.33. The molecule has 0 nitrogen and oxygen atoms in total. The number of hydrogen-bond donors (Lipinski definition) is 0. The van der Waals surface area contributed by atoms with Crippen LogP contribution < -0.4 is 10.6 Å². The fraction of sp³-hybridized carbons (Fsp3) is 0.0769. The van der Waals surface area contributed by atoms with Crippen LogP contribution in [0, 0.1) is 0 Å². The Morgan fingerprint density at radius 1 is 0.722 bits per heavy atom. The van der Waals surface area contributed by atoms with E-state index >= 15 is 0 Å². The van der Waals surface area contributed by atoms with Gasteiger partial charge in [-0.05, 0) is 0 Å². The Morgan fingerprint density at radius 2 is 1.06 bits per heavy atom. The monoisotopic (exact) mass is 470 g/mol. The molecule has 5 heteroatoms. The van der Waals surface area contributed by atoms with Crippen LogP contribution in [0.2, 0.25) is 0 Å². The first-order valence-electron chi connectivity index (χ1n) is 5.63. The second-order valence-electron chi connectivity index (χ2n) is 4.24. The van der Waals surface area contributed by atoms with Gasteiger partial charge in [0, 0.05) is 0 Å². The molecule has 2 aromatic rings. The molecule has 1 saturated heterocycles. The first kappa shape index (κ1) is 13.8. The molecule has 1 heterocycles. The van der Waals surface area contributed by atoms with Crippen molar-refractivity contribution in [3.05, 3.63) is 60.7 Å². The third kappa shape index (κ3) is 2.54. The molecule has 1 fully saturated rings. The van der Waals surface area contributed by atoms with E-state index in [4.69, 9.17) is 0 Å². The normalized spacial score (nSPS) is 30.8. The third-order valence-corrected chi connectivity index (χ3v) is 47.3. The van der Waals surface area contributed by atoms with E-state index < -0.39 is 9.28 Å². The summed E-state index contributed by atoms with van der Waals surface area (Å²) in [6, 6.07) is 22.1. The van der Waals surface area contributed by atoms with Crippen LogP contribution >= 0.6 is 9.28 Å². The summed E-state index contributed by atoms with van der Waals surface area (Å²) < 4.78 is -1.85. The minimum absolute atomic E-state index is 0.725. The standard InChI is InChI=1S/C13H12P2Se3/c16-14(12-7-3-1-4-8-12)11-15(17,18-14)13-9-5-2-6-10-13/h1-10H,11H2. The molecule has 0 radical (unpaired) electrons. The molecule has 0 saturated carbocycles. The Kier molecular flexibility index (Phi) is 4.09. The van der Waals surface area contributed by atoms with Gasteiger partial charge in [0.15, 0.2) is 0 Å². The molecule has 2 unspecified atom stereocenters. The van der Waals surface area contributed by atoms with Gasteiger partial charge in [-0.25, -0.2) is 0 Å². The Labute approximate surface area is 131 Å². The number of hydrogen-bond acceptors (Lipinski definition) is 0. The molecule has 1 aliphatic heterocycles. The first-order valence-corrected chi connectivity index (χ1v) is 18.4. The number of rotatable bonds is 2. The van der Waals surface area contributed by atoms with Gasteiger partial charge in [0.05, 0.1) is 0 Å². The summed E-state index contributed by atoms with van der Waals surface area (Å²) in [5, 5.41) is 3.15. The van der Waals surface area contributed by atoms with Crippen LogP contribution in [-0.2, 0) is 0 Å². The molecule has 0 aliphatic carbocycles. The zero-order valence-electron chi connectivity index (χ0n) is 9.60. The molecular formula is C13H12P2Se3. The van der Waals surface area contributed by atoms with E-state index in [-0.39, 0.29) is 0 Å². The predicted octanol–water partition coefficient (Wildman–Crippen LogP) is 2.34. The van der Waals surface area contributed by atoms with Gasteiger partial charge in [0.25, 0.3) is 0 Å². The predicted molar refractivity (Wildman–Crippen MR) is 88.1 cm³/mol. The van der Waals surface area contributed by atoms with Gasteiger partial charge in [0.1, 0.15) is 0 Å². The van der Waals surface area contributed by atoms with E-state index in [0.717, 1.165) is 14.1 Å². The van der Waals surface area contributed by atoms with Crippen LogP contribution in [0.25, 0.3) is 0 Å². The summed E-state index contributed by atoms with van der Waals surface area (Å²) in [6.07, 6.45) is 0. The molecule has 1 aliphatic rings. The van der Waals surface area contributed by atoms with Crippen molar-refractivity contribution in [1.82, 2.24) is 0 Å². The van der Waals surface area contributed by atoms with Crippen LogP contribution in [0.1, 0.15) is 0 Å². The summed E-state index contributed by atoms with van der Waals surface area (Å²) in [5.41, 5.74) is 0. The molecule has 92 valence electrons. The average molecular weight is 467 g/mol. The van der Waals surface area contributed by atoms with E-state index in [9.17, 15) is 0 Å². The minimum atomic E-state index is -0.927. The maximum atomic E-state index is 3.58. The van der Waals surface area contributed by atoms with Gasteiger partial charge in [0.2, 0.25) is 0 Å². The van der Waals surface area contributed by atoms with Crippen LogP contribution in [0.3, 0.4) is 0 Å². The van der Waals surface area contributed by atoms with Gasteiger partial charge < -0.3 is 0 Å². The van der Waals surface area contributed by atoms with Crippen molar-refractivity contribution in [2.24, 2.45) is 0 Å². The van der Waals surface area contributed by atoms with Crippen LogP contribution in [-0.4, -0.2) is 51.1 Å². The van der Waals surface area contributed by atoms with Crippen LogP contribution in [0.4, 0.5) is 0 Å². The summed E-state index contributed by atoms with van der Waals surface area (Å²) in [4.78, 5) is 0. The van der Waals surface area contributed by atoms with Crippen molar-refractivity contribution in [1.29, 1.82) is 0 Å². The van der Waals surface area contributed by atoms with Gasteiger partial charge in [-0.3, -0.25) is 0 Å². The van der Waals surface area contributed by atoms with E-state index in [1.165, 1.54) is 5.90 Å². The molecular weight excluding hydrogens is 455 g/mol. The Balaban J connectivity index is 1.84. The average Bonchev–Trinajstić information content (AvgIpc) is 2.39. The Hall–Kier alpha value is 0.858. The van der Waals surface area contributed by atoms with Crippen molar-refractivity contribution in [3.63, 3.8) is 0 Å². The molecule has 0 spiro atoms. The summed E-state index contributed by atoms with van der Waals surface area (Å²) >= 11 is 7.88.